The molecule has 264 valence electrons. The fourth-order valence-electron chi connectivity index (χ4n) is 4.73. The summed E-state index contributed by atoms with van der Waals surface area (Å²) in [7, 11) is 0. The van der Waals surface area contributed by atoms with Crippen LogP contribution in [0.1, 0.15) is 55.4 Å². The van der Waals surface area contributed by atoms with Gasteiger partial charge < -0.3 is 52.1 Å². The topological polar surface area (TPSA) is 238 Å². The van der Waals surface area contributed by atoms with Gasteiger partial charge in [0.1, 0.15) is 31.5 Å². The van der Waals surface area contributed by atoms with E-state index in [4.69, 9.17) is 52.1 Å². The molecule has 0 amide bonds. The van der Waals surface area contributed by atoms with Crippen molar-refractivity contribution in [1.82, 2.24) is 0 Å². The third-order valence-electron chi connectivity index (χ3n) is 6.17. The molecule has 0 radical (unpaired) electrons. The number of hydrogen-bond donors (Lipinski definition) is 0. The number of esters is 8. The summed E-state index contributed by atoms with van der Waals surface area (Å²) >= 11 is 0. The van der Waals surface area contributed by atoms with Crippen molar-refractivity contribution in [2.24, 2.45) is 0 Å². The molecule has 10 atom stereocenters. The Hall–Kier alpha value is -4.36. The SMILES string of the molecule is CC(=O)OCC1O[C@H](O[C@@H]2C(COC(C)=O)O[C@@H](OC(C)=O)C(OC(C)=O)[C@@H]2OC(C)=O)C(OC(C)=O)[C@H](OC(C)=O)[C@@H]1OC(C)=O. The molecule has 2 saturated heterocycles. The summed E-state index contributed by atoms with van der Waals surface area (Å²) in [4.78, 5) is 96.3. The number of carbonyl (C=O) groups excluding carboxylic acids is 8. The summed E-state index contributed by atoms with van der Waals surface area (Å²) in [6.45, 7) is 7.05. The Balaban J connectivity index is 2.73. The van der Waals surface area contributed by atoms with Crippen molar-refractivity contribution >= 4 is 47.8 Å². The molecule has 0 aromatic carbocycles. The fourth-order valence-corrected chi connectivity index (χ4v) is 4.73. The molecular formula is C28H38O19. The van der Waals surface area contributed by atoms with Gasteiger partial charge in [0.15, 0.2) is 30.7 Å². The van der Waals surface area contributed by atoms with Gasteiger partial charge in [-0.3, -0.25) is 38.4 Å². The molecule has 19 nitrogen and oxygen atoms in total. The van der Waals surface area contributed by atoms with E-state index in [2.05, 4.69) is 0 Å². The van der Waals surface area contributed by atoms with E-state index < -0.39 is 122 Å². The summed E-state index contributed by atoms with van der Waals surface area (Å²) in [5, 5.41) is 0. The lowest BCUT2D eigenvalue weighted by molar-refractivity contribution is -0.357. The summed E-state index contributed by atoms with van der Waals surface area (Å²) < 4.78 is 60.2. The molecule has 0 saturated carbocycles. The van der Waals surface area contributed by atoms with Gasteiger partial charge in [0.2, 0.25) is 12.4 Å². The van der Waals surface area contributed by atoms with Crippen LogP contribution < -0.4 is 0 Å². The maximum Gasteiger partial charge on any atom is 0.305 e. The van der Waals surface area contributed by atoms with Crippen molar-refractivity contribution in [3.8, 4) is 0 Å². The van der Waals surface area contributed by atoms with Gasteiger partial charge in [0.05, 0.1) is 0 Å². The highest BCUT2D eigenvalue weighted by atomic mass is 16.8. The monoisotopic (exact) mass is 678 g/mol. The zero-order chi connectivity index (χ0) is 35.6. The predicted molar refractivity (Wildman–Crippen MR) is 145 cm³/mol. The van der Waals surface area contributed by atoms with Crippen LogP contribution in [0.5, 0.6) is 0 Å². The molecule has 19 heteroatoms. The van der Waals surface area contributed by atoms with E-state index in [1.807, 2.05) is 0 Å². The lowest BCUT2D eigenvalue weighted by Crippen LogP contribution is -2.67. The average Bonchev–Trinajstić information content (AvgIpc) is 2.91. The molecule has 0 spiro atoms. The first kappa shape index (κ1) is 38.8. The maximum atomic E-state index is 12.3. The first-order valence-electron chi connectivity index (χ1n) is 14.2. The Morgan fingerprint density at radius 3 is 1.11 bits per heavy atom. The van der Waals surface area contributed by atoms with Gasteiger partial charge in [0, 0.05) is 55.4 Å². The largest absolute Gasteiger partial charge is 0.463 e. The standard InChI is InChI=1S/C28H38O19/c1-11(29)37-9-19-21(39-13(3)31)23(40-14(4)32)26(43-17(7)35)28(46-19)47-22-20(10-38-12(2)30)45-27(44-18(8)36)25(42-16(6)34)24(22)41-15(5)33/h19-28H,9-10H2,1-8H3/t19?,20?,21-,22-,23-,24-,25?,26?,27-,28-/m1/s1. The van der Waals surface area contributed by atoms with E-state index in [0.717, 1.165) is 55.4 Å². The van der Waals surface area contributed by atoms with Crippen LogP contribution in [-0.4, -0.2) is 122 Å². The summed E-state index contributed by atoms with van der Waals surface area (Å²) in [6.07, 6.45) is -16.3. The van der Waals surface area contributed by atoms with Crippen molar-refractivity contribution < 1.29 is 90.5 Å². The first-order valence-corrected chi connectivity index (χ1v) is 14.2. The fraction of sp³-hybridized carbons (Fsp3) is 0.714. The Labute approximate surface area is 268 Å². The smallest absolute Gasteiger partial charge is 0.305 e. The van der Waals surface area contributed by atoms with Crippen molar-refractivity contribution in [2.45, 2.75) is 117 Å². The van der Waals surface area contributed by atoms with Gasteiger partial charge in [0.25, 0.3) is 0 Å². The van der Waals surface area contributed by atoms with Gasteiger partial charge >= 0.3 is 47.8 Å². The van der Waals surface area contributed by atoms with E-state index in [1.54, 1.807) is 0 Å². The van der Waals surface area contributed by atoms with Crippen LogP contribution in [0, 0.1) is 0 Å². The second kappa shape index (κ2) is 17.5. The molecule has 2 rings (SSSR count). The minimum absolute atomic E-state index is 0.590. The lowest BCUT2D eigenvalue weighted by atomic mass is 9.96. The molecule has 0 aromatic heterocycles. The molecular weight excluding hydrogens is 640 g/mol. The normalized spacial score (nSPS) is 30.0. The number of rotatable bonds is 12. The van der Waals surface area contributed by atoms with E-state index in [9.17, 15) is 38.4 Å². The average molecular weight is 679 g/mol. The van der Waals surface area contributed by atoms with Crippen LogP contribution in [0.3, 0.4) is 0 Å². The first-order chi connectivity index (χ1) is 21.9. The molecule has 2 aliphatic heterocycles. The third-order valence-corrected chi connectivity index (χ3v) is 6.17. The summed E-state index contributed by atoms with van der Waals surface area (Å²) in [5.41, 5.74) is 0. The van der Waals surface area contributed by atoms with E-state index in [1.165, 1.54) is 0 Å². The quantitative estimate of drug-likeness (QED) is 0.181. The maximum absolute atomic E-state index is 12.3. The Morgan fingerprint density at radius 1 is 0.383 bits per heavy atom. The summed E-state index contributed by atoms with van der Waals surface area (Å²) in [6, 6.07) is 0. The number of ether oxygens (including phenoxy) is 11. The van der Waals surface area contributed by atoms with Gasteiger partial charge in [-0.25, -0.2) is 0 Å². The van der Waals surface area contributed by atoms with Crippen molar-refractivity contribution in [1.29, 1.82) is 0 Å². The Morgan fingerprint density at radius 2 is 0.702 bits per heavy atom. The highest BCUT2D eigenvalue weighted by Crippen LogP contribution is 2.35. The highest BCUT2D eigenvalue weighted by molar-refractivity contribution is 5.70. The summed E-state index contributed by atoms with van der Waals surface area (Å²) in [5.74, 6) is -7.02. The van der Waals surface area contributed by atoms with Gasteiger partial charge in [-0.15, -0.1) is 0 Å². The third kappa shape index (κ3) is 12.1. The van der Waals surface area contributed by atoms with Crippen LogP contribution in [-0.2, 0) is 90.5 Å². The second-order valence-electron chi connectivity index (χ2n) is 10.3. The van der Waals surface area contributed by atoms with E-state index in [0.29, 0.717) is 0 Å². The Kier molecular flexibility index (Phi) is 14.5. The van der Waals surface area contributed by atoms with Gasteiger partial charge in [-0.05, 0) is 0 Å². The minimum Gasteiger partial charge on any atom is -0.463 e. The molecule has 0 aromatic rings. The molecule has 0 bridgehead atoms. The van der Waals surface area contributed by atoms with Gasteiger partial charge in [-0.1, -0.05) is 0 Å². The number of hydrogen-bond acceptors (Lipinski definition) is 19. The van der Waals surface area contributed by atoms with Crippen LogP contribution >= 0.6 is 0 Å². The molecule has 4 unspecified atom stereocenters. The number of carbonyl (C=O) groups is 8. The molecule has 0 aliphatic carbocycles. The Bertz CT molecular complexity index is 1200. The van der Waals surface area contributed by atoms with Crippen LogP contribution in [0.4, 0.5) is 0 Å². The van der Waals surface area contributed by atoms with E-state index >= 15 is 0 Å². The van der Waals surface area contributed by atoms with Gasteiger partial charge in [-0.2, -0.15) is 0 Å². The molecule has 2 aliphatic rings. The lowest BCUT2D eigenvalue weighted by Gasteiger charge is -2.48. The minimum atomic E-state index is -1.83. The van der Waals surface area contributed by atoms with Crippen molar-refractivity contribution in [3.63, 3.8) is 0 Å². The predicted octanol–water partition coefficient (Wildman–Crippen LogP) is -0.831. The van der Waals surface area contributed by atoms with Crippen LogP contribution in [0.25, 0.3) is 0 Å². The van der Waals surface area contributed by atoms with Crippen molar-refractivity contribution in [3.05, 3.63) is 0 Å². The molecule has 0 N–H and O–H groups in total. The second-order valence-corrected chi connectivity index (χ2v) is 10.3. The van der Waals surface area contributed by atoms with Crippen molar-refractivity contribution in [2.75, 3.05) is 13.2 Å². The molecule has 47 heavy (non-hydrogen) atoms. The highest BCUT2D eigenvalue weighted by Gasteiger charge is 2.58. The zero-order valence-corrected chi connectivity index (χ0v) is 26.9. The zero-order valence-electron chi connectivity index (χ0n) is 26.9. The van der Waals surface area contributed by atoms with E-state index in [-0.39, 0.29) is 0 Å². The van der Waals surface area contributed by atoms with Crippen LogP contribution in [0.15, 0.2) is 0 Å². The molecule has 2 fully saturated rings. The molecule has 2 heterocycles. The van der Waals surface area contributed by atoms with Crippen LogP contribution in [0.2, 0.25) is 0 Å².